The zero-order valence-electron chi connectivity index (χ0n) is 5.59. The van der Waals surface area contributed by atoms with Crippen molar-refractivity contribution in [1.82, 2.24) is 4.90 Å². The highest BCUT2D eigenvalue weighted by atomic mass is 16.3. The molecule has 2 nitrogen and oxygen atoms in total. The molecule has 0 saturated heterocycles. The topological polar surface area (TPSA) is 23.5 Å². The molecule has 0 unspecified atom stereocenters. The van der Waals surface area contributed by atoms with Gasteiger partial charge in [0.2, 0.25) is 0 Å². The fourth-order valence-electron chi connectivity index (χ4n) is 0.597. The third-order valence-corrected chi connectivity index (χ3v) is 1.15. The molecule has 0 atom stereocenters. The predicted octanol–water partition coefficient (Wildman–Crippen LogP) is 0.482. The minimum Gasteiger partial charge on any atom is -0.395 e. The van der Waals surface area contributed by atoms with Crippen LogP contribution in [-0.4, -0.2) is 29.7 Å². The molecule has 0 aliphatic carbocycles. The molecule has 0 aliphatic heterocycles. The smallest absolute Gasteiger partial charge is 0.0603 e. The molecule has 2 heteroatoms. The molecule has 0 aromatic rings. The summed E-state index contributed by atoms with van der Waals surface area (Å²) in [6.07, 6.45) is 0. The Labute approximate surface area is 51.1 Å². The minimum atomic E-state index is 0.154. The summed E-state index contributed by atoms with van der Waals surface area (Å²) in [5.41, 5.74) is 0. The van der Waals surface area contributed by atoms with Crippen LogP contribution in [0.1, 0.15) is 13.8 Å². The summed E-state index contributed by atoms with van der Waals surface area (Å²) in [6.45, 7) is 8.04. The first-order chi connectivity index (χ1) is 3.85. The van der Waals surface area contributed by atoms with Gasteiger partial charge >= 0.3 is 0 Å². The van der Waals surface area contributed by atoms with Gasteiger partial charge in [0.25, 0.3) is 0 Å². The van der Waals surface area contributed by atoms with Crippen LogP contribution in [0.4, 0.5) is 0 Å². The van der Waals surface area contributed by atoms with E-state index in [4.69, 9.17) is 5.11 Å². The van der Waals surface area contributed by atoms with E-state index in [1.807, 2.05) is 0 Å². The van der Waals surface area contributed by atoms with E-state index in [1.165, 1.54) is 0 Å². The lowest BCUT2D eigenvalue weighted by molar-refractivity contribution is 0.255. The first-order valence-electron chi connectivity index (χ1n) is 3.03. The molecule has 0 fully saturated rings. The van der Waals surface area contributed by atoms with Gasteiger partial charge in [0.05, 0.1) is 13.2 Å². The van der Waals surface area contributed by atoms with Gasteiger partial charge in [-0.3, -0.25) is 4.90 Å². The number of aliphatic hydroxyl groups is 1. The Balaban J connectivity index is 3.07. The van der Waals surface area contributed by atoms with Crippen molar-refractivity contribution < 1.29 is 5.11 Å². The lowest BCUT2D eigenvalue weighted by Gasteiger charge is -2.14. The average molecular weight is 116 g/mol. The summed E-state index contributed by atoms with van der Waals surface area (Å²) in [7, 11) is 0. The van der Waals surface area contributed by atoms with Crippen molar-refractivity contribution in [3.63, 3.8) is 0 Å². The maximum Gasteiger partial charge on any atom is 0.0603 e. The lowest BCUT2D eigenvalue weighted by Crippen LogP contribution is -2.21. The summed E-state index contributed by atoms with van der Waals surface area (Å²) in [5, 5.41) is 8.40. The van der Waals surface area contributed by atoms with Gasteiger partial charge in [0.1, 0.15) is 0 Å². The molecule has 0 rings (SSSR count). The molecule has 0 amide bonds. The Morgan fingerprint density at radius 1 is 1.38 bits per heavy atom. The Morgan fingerprint density at radius 3 is 2.00 bits per heavy atom. The highest BCUT2D eigenvalue weighted by Crippen LogP contribution is 1.88. The fourth-order valence-corrected chi connectivity index (χ4v) is 0.597. The van der Waals surface area contributed by atoms with Crippen LogP contribution in [0.25, 0.3) is 0 Å². The van der Waals surface area contributed by atoms with Crippen molar-refractivity contribution >= 4 is 0 Å². The first kappa shape index (κ1) is 7.92. The summed E-state index contributed by atoms with van der Waals surface area (Å²) in [5.74, 6) is 0. The number of hydrogen-bond donors (Lipinski definition) is 1. The first-order valence-corrected chi connectivity index (χ1v) is 3.03. The molecule has 0 spiro atoms. The van der Waals surface area contributed by atoms with E-state index < -0.39 is 0 Å². The number of nitrogens with zero attached hydrogens (tertiary/aromatic N) is 1. The predicted molar refractivity (Wildman–Crippen MR) is 34.3 cm³/mol. The zero-order valence-corrected chi connectivity index (χ0v) is 5.59. The minimum absolute atomic E-state index is 0.154. The largest absolute Gasteiger partial charge is 0.395 e. The standard InChI is InChI=1S/C6H14NO/c1-3-7(4-2)5-6-8/h5,8H,3-4,6H2,1-2H3. The Kier molecular flexibility index (Phi) is 5.01. The molecule has 0 heterocycles. The Morgan fingerprint density at radius 2 is 1.88 bits per heavy atom. The number of likely N-dealkylation sites (N-methyl/N-ethyl adjacent to an activating group) is 1. The third kappa shape index (κ3) is 2.99. The summed E-state index contributed by atoms with van der Waals surface area (Å²) in [6, 6.07) is 0. The van der Waals surface area contributed by atoms with E-state index in [0.29, 0.717) is 0 Å². The van der Waals surface area contributed by atoms with E-state index in [9.17, 15) is 0 Å². The SMILES string of the molecule is CCN([CH]CO)CC. The molecular formula is C6H14NO. The van der Waals surface area contributed by atoms with Crippen molar-refractivity contribution in [1.29, 1.82) is 0 Å². The molecule has 1 radical (unpaired) electrons. The molecular weight excluding hydrogens is 102 g/mol. The van der Waals surface area contributed by atoms with Gasteiger partial charge in [-0.15, -0.1) is 0 Å². The normalized spacial score (nSPS) is 10.5. The van der Waals surface area contributed by atoms with Crippen LogP contribution in [0.3, 0.4) is 0 Å². The van der Waals surface area contributed by atoms with Crippen molar-refractivity contribution in [2.45, 2.75) is 13.8 Å². The maximum atomic E-state index is 8.40. The quantitative estimate of drug-likeness (QED) is 0.577. The van der Waals surface area contributed by atoms with E-state index in [1.54, 1.807) is 6.54 Å². The summed E-state index contributed by atoms with van der Waals surface area (Å²) >= 11 is 0. The summed E-state index contributed by atoms with van der Waals surface area (Å²) in [4.78, 5) is 2.06. The summed E-state index contributed by atoms with van der Waals surface area (Å²) < 4.78 is 0. The average Bonchev–Trinajstić information content (AvgIpc) is 1.83. The monoisotopic (exact) mass is 116 g/mol. The van der Waals surface area contributed by atoms with Crippen LogP contribution < -0.4 is 0 Å². The van der Waals surface area contributed by atoms with Gasteiger partial charge in [-0.2, -0.15) is 0 Å². The Hall–Kier alpha value is -0.0800. The van der Waals surface area contributed by atoms with Gasteiger partial charge in [-0.05, 0) is 13.1 Å². The van der Waals surface area contributed by atoms with Gasteiger partial charge in [-0.25, -0.2) is 0 Å². The van der Waals surface area contributed by atoms with Gasteiger partial charge < -0.3 is 5.11 Å². The molecule has 0 aromatic heterocycles. The zero-order chi connectivity index (χ0) is 6.41. The molecule has 0 aromatic carbocycles. The number of rotatable bonds is 4. The van der Waals surface area contributed by atoms with Crippen LogP contribution in [-0.2, 0) is 0 Å². The van der Waals surface area contributed by atoms with Crippen LogP contribution in [0.2, 0.25) is 0 Å². The number of aliphatic hydroxyl groups excluding tert-OH is 1. The van der Waals surface area contributed by atoms with E-state index in [2.05, 4.69) is 18.7 Å². The third-order valence-electron chi connectivity index (χ3n) is 1.15. The highest BCUT2D eigenvalue weighted by molar-refractivity contribution is 4.62. The van der Waals surface area contributed by atoms with E-state index in [-0.39, 0.29) is 6.61 Å². The van der Waals surface area contributed by atoms with Crippen LogP contribution in [0.5, 0.6) is 0 Å². The van der Waals surface area contributed by atoms with Gasteiger partial charge in [0, 0.05) is 0 Å². The van der Waals surface area contributed by atoms with Crippen LogP contribution in [0.15, 0.2) is 0 Å². The highest BCUT2D eigenvalue weighted by Gasteiger charge is 1.94. The molecule has 49 valence electrons. The van der Waals surface area contributed by atoms with Crippen LogP contribution in [0, 0.1) is 6.54 Å². The van der Waals surface area contributed by atoms with Crippen molar-refractivity contribution in [3.8, 4) is 0 Å². The molecule has 8 heavy (non-hydrogen) atoms. The van der Waals surface area contributed by atoms with Crippen molar-refractivity contribution in [2.24, 2.45) is 0 Å². The fraction of sp³-hybridized carbons (Fsp3) is 0.833. The molecule has 0 aliphatic rings. The van der Waals surface area contributed by atoms with Crippen molar-refractivity contribution in [3.05, 3.63) is 6.54 Å². The lowest BCUT2D eigenvalue weighted by atomic mass is 10.5. The Bertz CT molecular complexity index is 43.8. The second-order valence-electron chi connectivity index (χ2n) is 1.59. The second-order valence-corrected chi connectivity index (χ2v) is 1.59. The molecule has 0 saturated carbocycles. The van der Waals surface area contributed by atoms with E-state index >= 15 is 0 Å². The van der Waals surface area contributed by atoms with E-state index in [0.717, 1.165) is 13.1 Å². The van der Waals surface area contributed by atoms with Crippen LogP contribution >= 0.6 is 0 Å². The molecule has 0 bridgehead atoms. The van der Waals surface area contributed by atoms with Gasteiger partial charge in [-0.1, -0.05) is 13.8 Å². The maximum absolute atomic E-state index is 8.40. The van der Waals surface area contributed by atoms with Crippen molar-refractivity contribution in [2.75, 3.05) is 19.7 Å². The second kappa shape index (κ2) is 5.06. The van der Waals surface area contributed by atoms with Gasteiger partial charge in [0.15, 0.2) is 0 Å². The number of hydrogen-bond acceptors (Lipinski definition) is 2. The molecule has 1 N–H and O–H groups in total.